The van der Waals surface area contributed by atoms with Crippen LogP contribution in [0.4, 0.5) is 11.4 Å². The minimum absolute atomic E-state index is 0.647. The number of nitrogens with zero attached hydrogens (tertiary/aromatic N) is 3. The molecular weight excluding hydrogens is 370 g/mol. The molecule has 0 aliphatic carbocycles. The van der Waals surface area contributed by atoms with Gasteiger partial charge in [0.05, 0.1) is 0 Å². The van der Waals surface area contributed by atoms with Gasteiger partial charge in [0.1, 0.15) is 0 Å². The van der Waals surface area contributed by atoms with Crippen LogP contribution in [-0.2, 0) is 13.3 Å². The number of hydrogen-bond acceptors (Lipinski definition) is 4. The largest absolute Gasteiger partial charge is 0.500 e. The van der Waals surface area contributed by atoms with Gasteiger partial charge in [-0.1, -0.05) is 36.4 Å². The normalized spacial score (nSPS) is 11.2. The van der Waals surface area contributed by atoms with Crippen molar-refractivity contribution < 1.29 is 13.3 Å². The highest BCUT2D eigenvalue weighted by Gasteiger charge is 2.36. The van der Waals surface area contributed by atoms with Gasteiger partial charge >= 0.3 is 8.80 Å². The van der Waals surface area contributed by atoms with Crippen molar-refractivity contribution in [1.82, 2.24) is 0 Å². The summed E-state index contributed by atoms with van der Waals surface area (Å²) in [6.07, 6.45) is 0.816. The smallest absolute Gasteiger partial charge is 0.377 e. The Labute approximate surface area is 169 Å². The van der Waals surface area contributed by atoms with Crippen LogP contribution in [0.2, 0.25) is 6.04 Å². The van der Waals surface area contributed by atoms with Gasteiger partial charge in [0, 0.05) is 59.4 Å². The third-order valence-corrected chi connectivity index (χ3v) is 7.55. The topological polar surface area (TPSA) is 46.5 Å². The van der Waals surface area contributed by atoms with E-state index in [1.807, 2.05) is 50.5 Å². The monoisotopic (exact) mass is 401 g/mol. The molecule has 0 spiro atoms. The minimum Gasteiger partial charge on any atom is -0.377 e. The lowest BCUT2D eigenvalue weighted by Crippen LogP contribution is -2.43. The summed E-state index contributed by atoms with van der Waals surface area (Å²) >= 11 is 0. The fourth-order valence-electron chi connectivity index (χ4n) is 3.00. The molecule has 0 saturated heterocycles. The van der Waals surface area contributed by atoms with Crippen molar-refractivity contribution in [2.45, 2.75) is 12.5 Å². The number of guanidine groups is 1. The zero-order valence-electron chi connectivity index (χ0n) is 17.5. The van der Waals surface area contributed by atoms with Gasteiger partial charge in [-0.2, -0.15) is 0 Å². The summed E-state index contributed by atoms with van der Waals surface area (Å²) in [5, 5.41) is 0. The molecule has 0 fully saturated rings. The van der Waals surface area contributed by atoms with E-state index in [0.29, 0.717) is 6.54 Å². The van der Waals surface area contributed by atoms with E-state index in [1.54, 1.807) is 21.3 Å². The van der Waals surface area contributed by atoms with Crippen molar-refractivity contribution in [3.8, 4) is 0 Å². The van der Waals surface area contributed by atoms with Crippen LogP contribution >= 0.6 is 0 Å². The first-order chi connectivity index (χ1) is 13.6. The molecule has 28 heavy (non-hydrogen) atoms. The minimum atomic E-state index is -2.57. The van der Waals surface area contributed by atoms with Crippen LogP contribution in [0.3, 0.4) is 0 Å². The zero-order chi connectivity index (χ0) is 20.4. The van der Waals surface area contributed by atoms with Crippen molar-refractivity contribution in [3.05, 3.63) is 60.7 Å². The van der Waals surface area contributed by atoms with Gasteiger partial charge in [-0.25, -0.2) is 0 Å². The van der Waals surface area contributed by atoms with Crippen molar-refractivity contribution in [2.24, 2.45) is 4.99 Å². The second-order valence-corrected chi connectivity index (χ2v) is 9.46. The Bertz CT molecular complexity index is 668. The number of anilines is 2. The van der Waals surface area contributed by atoms with Crippen LogP contribution in [0.25, 0.3) is 0 Å². The molecule has 2 aromatic carbocycles. The quantitative estimate of drug-likeness (QED) is 0.276. The second-order valence-electron chi connectivity index (χ2n) is 6.37. The van der Waals surface area contributed by atoms with E-state index < -0.39 is 8.80 Å². The summed E-state index contributed by atoms with van der Waals surface area (Å²) < 4.78 is 16.5. The average molecular weight is 402 g/mol. The molecule has 152 valence electrons. The number of hydrogen-bond donors (Lipinski definition) is 0. The summed E-state index contributed by atoms with van der Waals surface area (Å²) in [7, 11) is 6.42. The molecule has 0 atom stereocenters. The standard InChI is InChI=1S/C21H31N3O3Si/c1-23(19-13-8-6-9-14-19)21(24(2)20-15-10-7-11-16-20)22-17-12-18-28(25-3,26-4)27-5/h6-11,13-16H,12,17-18H2,1-5H3. The van der Waals surface area contributed by atoms with Crippen molar-refractivity contribution in [1.29, 1.82) is 0 Å². The maximum Gasteiger partial charge on any atom is 0.500 e. The molecule has 6 nitrogen and oxygen atoms in total. The predicted octanol–water partition coefficient (Wildman–Crippen LogP) is 3.88. The first-order valence-corrected chi connectivity index (χ1v) is 11.3. The molecule has 0 aliphatic heterocycles. The maximum atomic E-state index is 5.50. The molecule has 0 aromatic heterocycles. The molecule has 7 heteroatoms. The lowest BCUT2D eigenvalue weighted by atomic mass is 10.3. The molecule has 0 bridgehead atoms. The van der Waals surface area contributed by atoms with Gasteiger partial charge in [-0.05, 0) is 30.7 Å². The van der Waals surface area contributed by atoms with E-state index in [0.717, 1.165) is 29.8 Å². The van der Waals surface area contributed by atoms with Crippen LogP contribution in [0.1, 0.15) is 6.42 Å². The first kappa shape index (κ1) is 22.1. The van der Waals surface area contributed by atoms with Crippen molar-refractivity contribution in [3.63, 3.8) is 0 Å². The van der Waals surface area contributed by atoms with Gasteiger partial charge in [0.15, 0.2) is 0 Å². The molecule has 0 N–H and O–H groups in total. The van der Waals surface area contributed by atoms with Gasteiger partial charge in [-0.3, -0.25) is 4.99 Å². The molecule has 2 aromatic rings. The molecule has 0 saturated carbocycles. The lowest BCUT2D eigenvalue weighted by Gasteiger charge is -2.30. The number of para-hydroxylation sites is 2. The summed E-state index contributed by atoms with van der Waals surface area (Å²) in [6, 6.07) is 21.2. The van der Waals surface area contributed by atoms with Gasteiger partial charge < -0.3 is 23.1 Å². The maximum absolute atomic E-state index is 5.50. The molecular formula is C21H31N3O3Si. The Morgan fingerprint density at radius 1 is 0.786 bits per heavy atom. The van der Waals surface area contributed by atoms with Crippen LogP contribution in [0, 0.1) is 0 Å². The predicted molar refractivity (Wildman–Crippen MR) is 118 cm³/mol. The molecule has 2 rings (SSSR count). The second kappa shape index (κ2) is 11.0. The van der Waals surface area contributed by atoms with Crippen LogP contribution in [0.5, 0.6) is 0 Å². The Kier molecular flexibility index (Phi) is 8.66. The summed E-state index contributed by atoms with van der Waals surface area (Å²) in [6.45, 7) is 0.647. The van der Waals surface area contributed by atoms with Crippen LogP contribution in [-0.4, -0.2) is 56.7 Å². The summed E-state index contributed by atoms with van der Waals surface area (Å²) in [5.74, 6) is 0.872. The Morgan fingerprint density at radius 3 is 1.61 bits per heavy atom. The van der Waals surface area contributed by atoms with E-state index in [9.17, 15) is 0 Å². The zero-order valence-corrected chi connectivity index (χ0v) is 18.5. The van der Waals surface area contributed by atoms with Crippen molar-refractivity contribution in [2.75, 3.05) is 51.8 Å². The third-order valence-electron chi connectivity index (χ3n) is 4.71. The summed E-state index contributed by atoms with van der Waals surface area (Å²) in [4.78, 5) is 9.10. The van der Waals surface area contributed by atoms with E-state index in [4.69, 9.17) is 18.3 Å². The van der Waals surface area contributed by atoms with Crippen LogP contribution < -0.4 is 9.80 Å². The van der Waals surface area contributed by atoms with Gasteiger partial charge in [0.2, 0.25) is 5.96 Å². The Morgan fingerprint density at radius 2 is 1.21 bits per heavy atom. The number of benzene rings is 2. The van der Waals surface area contributed by atoms with Crippen LogP contribution in [0.15, 0.2) is 65.7 Å². The molecule has 0 amide bonds. The van der Waals surface area contributed by atoms with E-state index >= 15 is 0 Å². The number of rotatable bonds is 9. The van der Waals surface area contributed by atoms with E-state index in [1.165, 1.54) is 0 Å². The summed E-state index contributed by atoms with van der Waals surface area (Å²) in [5.41, 5.74) is 2.16. The highest BCUT2D eigenvalue weighted by atomic mass is 28.4. The highest BCUT2D eigenvalue weighted by Crippen LogP contribution is 2.19. The SMILES string of the molecule is CO[Si](CCCN=C(N(C)c1ccccc1)N(C)c1ccccc1)(OC)OC. The first-order valence-electron chi connectivity index (χ1n) is 9.34. The van der Waals surface area contributed by atoms with Gasteiger partial charge in [0.25, 0.3) is 0 Å². The van der Waals surface area contributed by atoms with E-state index in [-0.39, 0.29) is 0 Å². The van der Waals surface area contributed by atoms with Gasteiger partial charge in [-0.15, -0.1) is 0 Å². The molecule has 0 heterocycles. The van der Waals surface area contributed by atoms with Crippen molar-refractivity contribution >= 4 is 26.1 Å². The molecule has 0 radical (unpaired) electrons. The molecule has 0 unspecified atom stereocenters. The Balaban J connectivity index is 2.19. The van der Waals surface area contributed by atoms with E-state index in [2.05, 4.69) is 34.1 Å². The third kappa shape index (κ3) is 5.65. The lowest BCUT2D eigenvalue weighted by molar-refractivity contribution is 0.123. The average Bonchev–Trinajstić information content (AvgIpc) is 2.77. The molecule has 0 aliphatic rings. The fraction of sp³-hybridized carbons (Fsp3) is 0.381. The Hall–Kier alpha value is -2.19. The number of aliphatic imine (C=N–C) groups is 1. The fourth-order valence-corrected chi connectivity index (χ4v) is 4.71. The highest BCUT2D eigenvalue weighted by molar-refractivity contribution is 6.60.